The van der Waals surface area contributed by atoms with Crippen LogP contribution in [0.1, 0.15) is 25.3 Å². The van der Waals surface area contributed by atoms with E-state index in [0.29, 0.717) is 5.65 Å². The third-order valence-corrected chi connectivity index (χ3v) is 5.53. The molecule has 5 aromatic rings. The molecule has 0 N–H and O–H groups in total. The number of aryl methyl sites for hydroxylation is 1. The van der Waals surface area contributed by atoms with Crippen molar-refractivity contribution in [3.63, 3.8) is 0 Å². The van der Waals surface area contributed by atoms with Crippen molar-refractivity contribution in [3.05, 3.63) is 78.4 Å². The van der Waals surface area contributed by atoms with E-state index in [4.69, 9.17) is 19.7 Å². The predicted octanol–water partition coefficient (Wildman–Crippen LogP) is 5.99. The van der Waals surface area contributed by atoms with Gasteiger partial charge in [0.05, 0.1) is 18.1 Å². The van der Waals surface area contributed by atoms with E-state index in [0.717, 1.165) is 45.9 Å². The molecule has 2 aromatic heterocycles. The van der Waals surface area contributed by atoms with Crippen LogP contribution in [0.4, 0.5) is 0 Å². The maximum absolute atomic E-state index is 5.32. The first kappa shape index (κ1) is 19.2. The van der Waals surface area contributed by atoms with Gasteiger partial charge in [-0.1, -0.05) is 37.6 Å². The zero-order valence-corrected chi connectivity index (χ0v) is 17.7. The van der Waals surface area contributed by atoms with Gasteiger partial charge in [-0.2, -0.15) is 0 Å². The molecule has 0 atom stereocenters. The van der Waals surface area contributed by atoms with Gasteiger partial charge >= 0.3 is 0 Å². The molecule has 5 nitrogen and oxygen atoms in total. The summed E-state index contributed by atoms with van der Waals surface area (Å²) in [5, 5.41) is 0. The van der Waals surface area contributed by atoms with E-state index in [-0.39, 0.29) is 0 Å². The van der Waals surface area contributed by atoms with E-state index in [2.05, 4.69) is 35.8 Å². The number of imidazole rings is 1. The molecule has 0 amide bonds. The Balaban J connectivity index is 1.71. The molecule has 0 bridgehead atoms. The minimum absolute atomic E-state index is 0.638. The first-order valence-corrected chi connectivity index (χ1v) is 10.7. The lowest BCUT2D eigenvalue weighted by Gasteiger charge is -2.10. The van der Waals surface area contributed by atoms with Crippen molar-refractivity contribution in [1.29, 1.82) is 0 Å². The number of nitrogens with zero attached hydrogens (tertiary/aromatic N) is 4. The Bertz CT molecular complexity index is 1340. The molecule has 5 rings (SSSR count). The molecular weight excluding hydrogens is 384 g/mol. The highest BCUT2D eigenvalue weighted by atomic mass is 16.5. The number of benzene rings is 3. The number of rotatable bonds is 6. The summed E-state index contributed by atoms with van der Waals surface area (Å²) in [5.41, 5.74) is 6.45. The average Bonchev–Trinajstić information content (AvgIpc) is 3.20. The molecule has 0 saturated heterocycles. The van der Waals surface area contributed by atoms with Crippen molar-refractivity contribution in [2.24, 2.45) is 0 Å². The topological polar surface area (TPSA) is 52.8 Å². The second-order valence-corrected chi connectivity index (χ2v) is 7.63. The smallest absolute Gasteiger partial charge is 0.199 e. The maximum Gasteiger partial charge on any atom is 0.199 e. The highest BCUT2D eigenvalue weighted by Crippen LogP contribution is 2.29. The van der Waals surface area contributed by atoms with Gasteiger partial charge in [-0.15, -0.1) is 0 Å². The fourth-order valence-corrected chi connectivity index (χ4v) is 3.83. The van der Waals surface area contributed by atoms with Gasteiger partial charge in [-0.3, -0.25) is 4.57 Å². The van der Waals surface area contributed by atoms with Gasteiger partial charge in [0.2, 0.25) is 0 Å². The molecule has 5 heteroatoms. The number of fused-ring (bicyclic) bond motifs is 2. The summed E-state index contributed by atoms with van der Waals surface area (Å²) in [6.45, 7) is 2.22. The van der Waals surface area contributed by atoms with Crippen molar-refractivity contribution in [3.8, 4) is 22.8 Å². The van der Waals surface area contributed by atoms with Crippen molar-refractivity contribution < 1.29 is 4.74 Å². The first-order chi connectivity index (χ1) is 15.3. The van der Waals surface area contributed by atoms with Crippen molar-refractivity contribution in [1.82, 2.24) is 19.5 Å². The SMILES string of the molecule is CCCCc1ccc(-n2c(-c3ccc(OC)cc3)nc3nc4ccccc4nc32)cc1. The Kier molecular flexibility index (Phi) is 5.08. The maximum atomic E-state index is 5.32. The minimum Gasteiger partial charge on any atom is -0.497 e. The van der Waals surface area contributed by atoms with Crippen LogP contribution in [-0.2, 0) is 6.42 Å². The predicted molar refractivity (Wildman–Crippen MR) is 125 cm³/mol. The van der Waals surface area contributed by atoms with Gasteiger partial charge < -0.3 is 4.74 Å². The highest BCUT2D eigenvalue weighted by Gasteiger charge is 2.17. The Hall–Kier alpha value is -3.73. The van der Waals surface area contributed by atoms with Crippen LogP contribution in [0.15, 0.2) is 72.8 Å². The standard InChI is InChI=1S/C26H24N4O/c1-3-4-7-18-10-14-20(15-11-18)30-25(19-12-16-21(31-2)17-13-19)29-24-26(30)28-23-9-6-5-8-22(23)27-24/h5-6,8-17H,3-4,7H2,1-2H3. The molecule has 0 aliphatic heterocycles. The van der Waals surface area contributed by atoms with Crippen molar-refractivity contribution in [2.75, 3.05) is 7.11 Å². The summed E-state index contributed by atoms with van der Waals surface area (Å²) >= 11 is 0. The van der Waals surface area contributed by atoms with Crippen LogP contribution in [0.2, 0.25) is 0 Å². The van der Waals surface area contributed by atoms with E-state index in [1.54, 1.807) is 7.11 Å². The van der Waals surface area contributed by atoms with E-state index in [9.17, 15) is 0 Å². The second-order valence-electron chi connectivity index (χ2n) is 7.63. The summed E-state index contributed by atoms with van der Waals surface area (Å²) in [6.07, 6.45) is 3.48. The number of hydrogen-bond donors (Lipinski definition) is 0. The Morgan fingerprint density at radius 3 is 2.19 bits per heavy atom. The summed E-state index contributed by atoms with van der Waals surface area (Å²) in [6, 6.07) is 24.5. The van der Waals surface area contributed by atoms with Gasteiger partial charge in [0.25, 0.3) is 0 Å². The lowest BCUT2D eigenvalue weighted by Crippen LogP contribution is -2.00. The number of ether oxygens (including phenoxy) is 1. The van der Waals surface area contributed by atoms with Crippen LogP contribution >= 0.6 is 0 Å². The fraction of sp³-hybridized carbons (Fsp3) is 0.192. The molecule has 154 valence electrons. The molecule has 0 spiro atoms. The molecule has 0 saturated carbocycles. The number of methoxy groups -OCH3 is 1. The average molecular weight is 409 g/mol. The Morgan fingerprint density at radius 1 is 0.806 bits per heavy atom. The van der Waals surface area contributed by atoms with Gasteiger partial charge in [0.15, 0.2) is 11.3 Å². The number of para-hydroxylation sites is 2. The summed E-state index contributed by atoms with van der Waals surface area (Å²) in [5.74, 6) is 1.63. The van der Waals surface area contributed by atoms with E-state index < -0.39 is 0 Å². The largest absolute Gasteiger partial charge is 0.497 e. The quantitative estimate of drug-likeness (QED) is 0.346. The highest BCUT2D eigenvalue weighted by molar-refractivity contribution is 5.86. The van der Waals surface area contributed by atoms with Crippen LogP contribution in [0.3, 0.4) is 0 Å². The summed E-state index contributed by atoms with van der Waals surface area (Å²) in [7, 11) is 1.67. The summed E-state index contributed by atoms with van der Waals surface area (Å²) in [4.78, 5) is 14.6. The van der Waals surface area contributed by atoms with Gasteiger partial charge in [-0.25, -0.2) is 15.0 Å². The van der Waals surface area contributed by atoms with Gasteiger partial charge in [0.1, 0.15) is 11.6 Å². The Morgan fingerprint density at radius 2 is 1.52 bits per heavy atom. The van der Waals surface area contributed by atoms with Crippen LogP contribution in [0.5, 0.6) is 5.75 Å². The fourth-order valence-electron chi connectivity index (χ4n) is 3.83. The van der Waals surface area contributed by atoms with Crippen LogP contribution in [-0.4, -0.2) is 26.6 Å². The van der Waals surface area contributed by atoms with Crippen LogP contribution in [0.25, 0.3) is 39.4 Å². The monoisotopic (exact) mass is 408 g/mol. The first-order valence-electron chi connectivity index (χ1n) is 10.7. The van der Waals surface area contributed by atoms with Crippen LogP contribution < -0.4 is 4.74 Å². The van der Waals surface area contributed by atoms with Gasteiger partial charge in [-0.05, 0) is 66.9 Å². The number of hydrogen-bond acceptors (Lipinski definition) is 4. The normalized spacial score (nSPS) is 11.3. The molecule has 31 heavy (non-hydrogen) atoms. The molecule has 0 unspecified atom stereocenters. The molecule has 0 aliphatic carbocycles. The van der Waals surface area contributed by atoms with E-state index >= 15 is 0 Å². The third kappa shape index (κ3) is 3.63. The lowest BCUT2D eigenvalue weighted by atomic mass is 10.1. The van der Waals surface area contributed by atoms with Crippen molar-refractivity contribution >= 4 is 22.3 Å². The zero-order valence-electron chi connectivity index (χ0n) is 17.7. The number of aromatic nitrogens is 4. The molecule has 3 aromatic carbocycles. The van der Waals surface area contributed by atoms with E-state index in [1.807, 2.05) is 48.5 Å². The number of unbranched alkanes of at least 4 members (excludes halogenated alkanes) is 1. The Labute approximate surface area is 181 Å². The lowest BCUT2D eigenvalue weighted by molar-refractivity contribution is 0.415. The molecule has 0 radical (unpaired) electrons. The second kappa shape index (κ2) is 8.19. The summed E-state index contributed by atoms with van der Waals surface area (Å²) < 4.78 is 7.42. The molecule has 0 aliphatic rings. The van der Waals surface area contributed by atoms with E-state index in [1.165, 1.54) is 18.4 Å². The molecule has 2 heterocycles. The van der Waals surface area contributed by atoms with Gasteiger partial charge in [0, 0.05) is 11.3 Å². The third-order valence-electron chi connectivity index (χ3n) is 5.53. The zero-order chi connectivity index (χ0) is 21.2. The molecule has 0 fully saturated rings. The van der Waals surface area contributed by atoms with Crippen LogP contribution in [0, 0.1) is 0 Å². The molecular formula is C26H24N4O. The minimum atomic E-state index is 0.638. The van der Waals surface area contributed by atoms with Crippen molar-refractivity contribution in [2.45, 2.75) is 26.2 Å².